The first-order valence-electron chi connectivity index (χ1n) is 5.99. The highest BCUT2D eigenvalue weighted by molar-refractivity contribution is 9.08. The number of ether oxygens (including phenoxy) is 1. The highest BCUT2D eigenvalue weighted by Gasteiger charge is 2.13. The fourth-order valence-electron chi connectivity index (χ4n) is 1.79. The van der Waals surface area contributed by atoms with Gasteiger partial charge in [-0.25, -0.2) is 0 Å². The van der Waals surface area contributed by atoms with Crippen LogP contribution in [0.25, 0.3) is 0 Å². The Morgan fingerprint density at radius 3 is 2.75 bits per heavy atom. The molecule has 0 radical (unpaired) electrons. The predicted molar refractivity (Wildman–Crippen MR) is 79.0 cm³/mol. The Hall–Kier alpha value is -1.95. The number of pyridine rings is 1. The second-order valence-electron chi connectivity index (χ2n) is 4.21. The average molecular weight is 337 g/mol. The van der Waals surface area contributed by atoms with Gasteiger partial charge >= 0.3 is 0 Å². The average Bonchev–Trinajstić information content (AvgIpc) is 2.46. The van der Waals surface area contributed by atoms with E-state index in [2.05, 4.69) is 20.9 Å². The van der Waals surface area contributed by atoms with E-state index in [-0.39, 0.29) is 12.3 Å². The molecule has 0 fully saturated rings. The largest absolute Gasteiger partial charge is 0.487 e. The van der Waals surface area contributed by atoms with Gasteiger partial charge in [-0.1, -0.05) is 28.1 Å². The number of nitro benzene ring substituents is 1. The molecule has 20 heavy (non-hydrogen) atoms. The Kier molecular flexibility index (Phi) is 4.68. The highest BCUT2D eigenvalue weighted by atomic mass is 79.9. The van der Waals surface area contributed by atoms with E-state index in [4.69, 9.17) is 4.74 Å². The molecule has 0 aliphatic carbocycles. The zero-order valence-corrected chi connectivity index (χ0v) is 12.5. The number of rotatable bonds is 5. The number of nitrogens with zero attached hydrogens (tertiary/aromatic N) is 2. The van der Waals surface area contributed by atoms with E-state index in [1.807, 2.05) is 19.1 Å². The molecular weight excluding hydrogens is 324 g/mol. The molecule has 0 aliphatic rings. The first-order valence-corrected chi connectivity index (χ1v) is 7.11. The van der Waals surface area contributed by atoms with Gasteiger partial charge in [0.25, 0.3) is 5.69 Å². The summed E-state index contributed by atoms with van der Waals surface area (Å²) < 4.78 is 5.66. The van der Waals surface area contributed by atoms with E-state index in [1.165, 1.54) is 6.07 Å². The van der Waals surface area contributed by atoms with Gasteiger partial charge in [-0.3, -0.25) is 15.1 Å². The number of para-hydroxylation sites is 1. The van der Waals surface area contributed by atoms with E-state index in [1.54, 1.807) is 18.2 Å². The maximum atomic E-state index is 10.9. The Balaban J connectivity index is 2.19. The normalized spacial score (nSPS) is 10.3. The van der Waals surface area contributed by atoms with Crippen LogP contribution in [-0.2, 0) is 11.9 Å². The SMILES string of the molecule is Cc1ccc(OCc2ccccc2[N+](=O)[O-])c(CBr)n1. The number of aromatic nitrogens is 1. The minimum Gasteiger partial charge on any atom is -0.487 e. The molecule has 0 bridgehead atoms. The Morgan fingerprint density at radius 1 is 1.30 bits per heavy atom. The molecule has 2 aromatic rings. The van der Waals surface area contributed by atoms with Crippen LogP contribution < -0.4 is 4.74 Å². The summed E-state index contributed by atoms with van der Waals surface area (Å²) in [4.78, 5) is 14.9. The van der Waals surface area contributed by atoms with Gasteiger partial charge < -0.3 is 4.74 Å². The van der Waals surface area contributed by atoms with Crippen LogP contribution in [0.1, 0.15) is 17.0 Å². The van der Waals surface area contributed by atoms with Gasteiger partial charge in [0.15, 0.2) is 0 Å². The lowest BCUT2D eigenvalue weighted by Crippen LogP contribution is -2.03. The van der Waals surface area contributed by atoms with Crippen molar-refractivity contribution in [2.24, 2.45) is 0 Å². The number of benzene rings is 1. The Morgan fingerprint density at radius 2 is 2.05 bits per heavy atom. The summed E-state index contributed by atoms with van der Waals surface area (Å²) in [6.07, 6.45) is 0. The van der Waals surface area contributed by atoms with Crippen molar-refractivity contribution in [1.82, 2.24) is 4.98 Å². The number of nitro groups is 1. The summed E-state index contributed by atoms with van der Waals surface area (Å²) >= 11 is 3.36. The van der Waals surface area contributed by atoms with Crippen LogP contribution in [0.15, 0.2) is 36.4 Å². The van der Waals surface area contributed by atoms with Crippen LogP contribution in [0.4, 0.5) is 5.69 Å². The summed E-state index contributed by atoms with van der Waals surface area (Å²) in [5.74, 6) is 0.630. The number of alkyl halides is 1. The van der Waals surface area contributed by atoms with Crippen LogP contribution >= 0.6 is 15.9 Å². The molecule has 6 heteroatoms. The van der Waals surface area contributed by atoms with Gasteiger partial charge in [-0.2, -0.15) is 0 Å². The standard InChI is InChI=1S/C14H13BrN2O3/c1-10-6-7-14(12(8-15)16-10)20-9-11-4-2-3-5-13(11)17(18)19/h2-7H,8-9H2,1H3. The molecule has 0 aliphatic heterocycles. The molecule has 2 rings (SSSR count). The van der Waals surface area contributed by atoms with Crippen molar-refractivity contribution < 1.29 is 9.66 Å². The molecule has 1 aromatic heterocycles. The molecule has 0 unspecified atom stereocenters. The van der Waals surface area contributed by atoms with Crippen molar-refractivity contribution in [2.75, 3.05) is 0 Å². The van der Waals surface area contributed by atoms with Crippen molar-refractivity contribution >= 4 is 21.6 Å². The van der Waals surface area contributed by atoms with Crippen molar-refractivity contribution in [2.45, 2.75) is 18.9 Å². The van der Waals surface area contributed by atoms with Crippen molar-refractivity contribution in [1.29, 1.82) is 0 Å². The third kappa shape index (κ3) is 3.33. The second-order valence-corrected chi connectivity index (χ2v) is 4.77. The van der Waals surface area contributed by atoms with Crippen LogP contribution in [0.5, 0.6) is 5.75 Å². The lowest BCUT2D eigenvalue weighted by Gasteiger charge is -2.10. The molecule has 0 spiro atoms. The van der Waals surface area contributed by atoms with Gasteiger partial charge in [0.2, 0.25) is 0 Å². The fraction of sp³-hybridized carbons (Fsp3) is 0.214. The smallest absolute Gasteiger partial charge is 0.276 e. The monoisotopic (exact) mass is 336 g/mol. The molecule has 1 aromatic carbocycles. The quantitative estimate of drug-likeness (QED) is 0.473. The molecule has 5 nitrogen and oxygen atoms in total. The summed E-state index contributed by atoms with van der Waals surface area (Å²) in [5.41, 5.74) is 2.28. The van der Waals surface area contributed by atoms with Gasteiger partial charge in [-0.15, -0.1) is 0 Å². The topological polar surface area (TPSA) is 65.3 Å². The zero-order valence-electron chi connectivity index (χ0n) is 10.9. The third-order valence-corrected chi connectivity index (χ3v) is 3.30. The second kappa shape index (κ2) is 6.47. The summed E-state index contributed by atoms with van der Waals surface area (Å²) in [6.45, 7) is 2.04. The third-order valence-electron chi connectivity index (χ3n) is 2.77. The van der Waals surface area contributed by atoms with E-state index >= 15 is 0 Å². The lowest BCUT2D eigenvalue weighted by atomic mass is 10.2. The highest BCUT2D eigenvalue weighted by Crippen LogP contribution is 2.23. The zero-order chi connectivity index (χ0) is 14.5. The van der Waals surface area contributed by atoms with Gasteiger partial charge in [0.05, 0.1) is 16.2 Å². The van der Waals surface area contributed by atoms with Crippen LogP contribution in [0, 0.1) is 17.0 Å². The first-order chi connectivity index (χ1) is 9.61. The van der Waals surface area contributed by atoms with E-state index < -0.39 is 4.92 Å². The van der Waals surface area contributed by atoms with Gasteiger partial charge in [0.1, 0.15) is 12.4 Å². The molecule has 1 heterocycles. The predicted octanol–water partition coefficient (Wildman–Crippen LogP) is 3.77. The molecule has 0 amide bonds. The van der Waals surface area contributed by atoms with Gasteiger partial charge in [0, 0.05) is 17.1 Å². The van der Waals surface area contributed by atoms with Crippen molar-refractivity contribution in [3.05, 3.63) is 63.5 Å². The molecule has 0 atom stereocenters. The van der Waals surface area contributed by atoms with Crippen molar-refractivity contribution in [3.8, 4) is 5.75 Å². The fourth-order valence-corrected chi connectivity index (χ4v) is 2.19. The van der Waals surface area contributed by atoms with E-state index in [0.29, 0.717) is 16.6 Å². The van der Waals surface area contributed by atoms with Crippen molar-refractivity contribution in [3.63, 3.8) is 0 Å². The summed E-state index contributed by atoms with van der Waals surface area (Å²) in [5, 5.41) is 11.5. The maximum Gasteiger partial charge on any atom is 0.276 e. The molecule has 0 saturated heterocycles. The van der Waals surface area contributed by atoms with E-state index in [0.717, 1.165) is 11.4 Å². The minimum atomic E-state index is -0.405. The number of hydrogen-bond acceptors (Lipinski definition) is 4. The molecule has 0 saturated carbocycles. The van der Waals surface area contributed by atoms with Crippen LogP contribution in [-0.4, -0.2) is 9.91 Å². The summed E-state index contributed by atoms with van der Waals surface area (Å²) in [6, 6.07) is 10.2. The number of aryl methyl sites for hydroxylation is 1. The minimum absolute atomic E-state index is 0.0629. The summed E-state index contributed by atoms with van der Waals surface area (Å²) in [7, 11) is 0. The Labute approximate surface area is 124 Å². The Bertz CT molecular complexity index is 632. The van der Waals surface area contributed by atoms with E-state index in [9.17, 15) is 10.1 Å². The number of halogens is 1. The molecular formula is C14H13BrN2O3. The number of hydrogen-bond donors (Lipinski definition) is 0. The van der Waals surface area contributed by atoms with Gasteiger partial charge in [-0.05, 0) is 25.1 Å². The molecule has 104 valence electrons. The first kappa shape index (κ1) is 14.5. The van der Waals surface area contributed by atoms with Crippen LogP contribution in [0.3, 0.4) is 0 Å². The van der Waals surface area contributed by atoms with Crippen LogP contribution in [0.2, 0.25) is 0 Å². The molecule has 0 N–H and O–H groups in total. The maximum absolute atomic E-state index is 10.9. The lowest BCUT2D eigenvalue weighted by molar-refractivity contribution is -0.385.